The average molecular weight is 122 g/mol. The molecule has 0 saturated carbocycles. The molecule has 2 rings (SSSR count). The molecule has 0 aromatic rings. The molecule has 0 bridgehead atoms. The van der Waals surface area contributed by atoms with Crippen molar-refractivity contribution in [1.82, 2.24) is 16.1 Å². The monoisotopic (exact) mass is 122 g/mol. The van der Waals surface area contributed by atoms with Crippen LogP contribution in [0.2, 0.25) is 0 Å². The fraction of sp³-hybridized carbons (Fsp3) is 0. The Morgan fingerprint density at radius 1 is 1.44 bits per heavy atom. The summed E-state index contributed by atoms with van der Waals surface area (Å²) in [5.74, 6) is 0.887. The van der Waals surface area contributed by atoms with Crippen molar-refractivity contribution in [2.24, 2.45) is 5.10 Å². The lowest BCUT2D eigenvalue weighted by Gasteiger charge is -2.12. The molecule has 0 amide bonds. The smallest absolute Gasteiger partial charge is 0.169 e. The molecular formula is C5H6N4. The standard InChI is InChI=1S/C5H6N4/c1-2-4-9-5(3-1)6-7-8-9/h1-4,7-8H. The van der Waals surface area contributed by atoms with Crippen LogP contribution in [0, 0.1) is 0 Å². The van der Waals surface area contributed by atoms with Gasteiger partial charge in [-0.1, -0.05) is 6.08 Å². The zero-order valence-corrected chi connectivity index (χ0v) is 4.70. The van der Waals surface area contributed by atoms with Crippen LogP contribution in [0.3, 0.4) is 0 Å². The van der Waals surface area contributed by atoms with Crippen molar-refractivity contribution in [3.05, 3.63) is 24.4 Å². The van der Waals surface area contributed by atoms with Crippen molar-refractivity contribution in [3.63, 3.8) is 0 Å². The normalized spacial score (nSPS) is 21.3. The molecule has 0 spiro atoms. The maximum Gasteiger partial charge on any atom is 0.169 e. The van der Waals surface area contributed by atoms with Crippen LogP contribution in [0.25, 0.3) is 0 Å². The Balaban J connectivity index is 2.33. The number of hydrazine groups is 2. The van der Waals surface area contributed by atoms with Crippen LogP contribution >= 0.6 is 0 Å². The van der Waals surface area contributed by atoms with Gasteiger partial charge in [-0.2, -0.15) is 0 Å². The lowest BCUT2D eigenvalue weighted by Crippen LogP contribution is -2.36. The maximum absolute atomic E-state index is 3.90. The highest BCUT2D eigenvalue weighted by Crippen LogP contribution is 2.00. The van der Waals surface area contributed by atoms with Gasteiger partial charge in [0.15, 0.2) is 5.84 Å². The molecular weight excluding hydrogens is 116 g/mol. The van der Waals surface area contributed by atoms with Crippen molar-refractivity contribution >= 4 is 5.84 Å². The molecule has 0 aromatic carbocycles. The van der Waals surface area contributed by atoms with E-state index in [1.165, 1.54) is 0 Å². The van der Waals surface area contributed by atoms with Crippen molar-refractivity contribution in [1.29, 1.82) is 0 Å². The first kappa shape index (κ1) is 4.58. The van der Waals surface area contributed by atoms with Crippen molar-refractivity contribution in [2.75, 3.05) is 0 Å². The van der Waals surface area contributed by atoms with E-state index >= 15 is 0 Å². The van der Waals surface area contributed by atoms with Crippen LogP contribution in [-0.2, 0) is 0 Å². The van der Waals surface area contributed by atoms with E-state index in [1.54, 1.807) is 5.01 Å². The zero-order valence-electron chi connectivity index (χ0n) is 4.70. The summed E-state index contributed by atoms with van der Waals surface area (Å²) in [4.78, 5) is 0. The van der Waals surface area contributed by atoms with Gasteiger partial charge in [0, 0.05) is 6.20 Å². The van der Waals surface area contributed by atoms with Crippen molar-refractivity contribution in [2.45, 2.75) is 0 Å². The highest BCUT2D eigenvalue weighted by molar-refractivity contribution is 5.94. The van der Waals surface area contributed by atoms with Gasteiger partial charge in [0.05, 0.1) is 0 Å². The zero-order chi connectivity index (χ0) is 6.10. The number of nitrogens with zero attached hydrogens (tertiary/aromatic N) is 2. The molecule has 0 saturated heterocycles. The second-order valence-electron chi connectivity index (χ2n) is 1.76. The Labute approximate surface area is 52.5 Å². The summed E-state index contributed by atoms with van der Waals surface area (Å²) in [6.07, 6.45) is 7.66. The minimum atomic E-state index is 0.887. The van der Waals surface area contributed by atoms with E-state index in [1.807, 2.05) is 24.4 Å². The molecule has 0 radical (unpaired) electrons. The van der Waals surface area contributed by atoms with E-state index in [2.05, 4.69) is 16.2 Å². The molecule has 2 heterocycles. The van der Waals surface area contributed by atoms with Crippen LogP contribution < -0.4 is 11.1 Å². The van der Waals surface area contributed by atoms with Gasteiger partial charge < -0.3 is 0 Å². The fourth-order valence-electron chi connectivity index (χ4n) is 0.756. The Bertz CT molecular complexity index is 200. The summed E-state index contributed by atoms with van der Waals surface area (Å²) < 4.78 is 0. The molecule has 0 aromatic heterocycles. The second kappa shape index (κ2) is 1.60. The summed E-state index contributed by atoms with van der Waals surface area (Å²) >= 11 is 0. The molecule has 9 heavy (non-hydrogen) atoms. The lowest BCUT2D eigenvalue weighted by atomic mass is 10.4. The molecule has 0 aliphatic carbocycles. The minimum absolute atomic E-state index is 0.887. The van der Waals surface area contributed by atoms with Crippen LogP contribution in [0.15, 0.2) is 29.5 Å². The summed E-state index contributed by atoms with van der Waals surface area (Å²) in [6, 6.07) is 0. The Kier molecular flexibility index (Phi) is 0.811. The third-order valence-corrected chi connectivity index (χ3v) is 1.18. The van der Waals surface area contributed by atoms with Crippen LogP contribution in [0.1, 0.15) is 0 Å². The van der Waals surface area contributed by atoms with Crippen molar-refractivity contribution < 1.29 is 0 Å². The number of hydrazone groups is 1. The number of hydrogen-bond donors (Lipinski definition) is 2. The van der Waals surface area contributed by atoms with Gasteiger partial charge in [0.2, 0.25) is 0 Å². The van der Waals surface area contributed by atoms with Gasteiger partial charge >= 0.3 is 0 Å². The second-order valence-corrected chi connectivity index (χ2v) is 1.76. The van der Waals surface area contributed by atoms with Crippen LogP contribution in [0.5, 0.6) is 0 Å². The average Bonchev–Trinajstić information content (AvgIpc) is 2.33. The molecule has 0 atom stereocenters. The van der Waals surface area contributed by atoms with E-state index in [4.69, 9.17) is 0 Å². The van der Waals surface area contributed by atoms with Gasteiger partial charge in [0.1, 0.15) is 0 Å². The first-order valence-electron chi connectivity index (χ1n) is 2.69. The highest BCUT2D eigenvalue weighted by atomic mass is 15.8. The quantitative estimate of drug-likeness (QED) is 0.463. The van der Waals surface area contributed by atoms with E-state index in [0.29, 0.717) is 0 Å². The first-order valence-corrected chi connectivity index (χ1v) is 2.69. The number of rotatable bonds is 0. The maximum atomic E-state index is 3.90. The van der Waals surface area contributed by atoms with Crippen molar-refractivity contribution in [3.8, 4) is 0 Å². The first-order chi connectivity index (χ1) is 4.47. The number of hydrogen-bond acceptors (Lipinski definition) is 4. The van der Waals surface area contributed by atoms with Gasteiger partial charge in [-0.25, -0.2) is 10.5 Å². The molecule has 0 fully saturated rings. The SMILES string of the molecule is C1=CC2=NNNN2C=C1. The number of nitrogens with one attached hydrogen (secondary N) is 2. The topological polar surface area (TPSA) is 39.7 Å². The van der Waals surface area contributed by atoms with E-state index < -0.39 is 0 Å². The minimum Gasteiger partial charge on any atom is -0.246 e. The van der Waals surface area contributed by atoms with E-state index in [9.17, 15) is 0 Å². The fourth-order valence-corrected chi connectivity index (χ4v) is 0.756. The number of allylic oxidation sites excluding steroid dienone is 2. The third kappa shape index (κ3) is 0.603. The number of amidine groups is 1. The largest absolute Gasteiger partial charge is 0.246 e. The summed E-state index contributed by atoms with van der Waals surface area (Å²) in [5.41, 5.74) is 5.43. The van der Waals surface area contributed by atoms with Crippen LogP contribution in [-0.4, -0.2) is 10.8 Å². The third-order valence-electron chi connectivity index (χ3n) is 1.18. The molecule has 0 unspecified atom stereocenters. The summed E-state index contributed by atoms with van der Waals surface area (Å²) in [7, 11) is 0. The molecule has 46 valence electrons. The predicted octanol–water partition coefficient (Wildman–Crippen LogP) is -0.292. The Hall–Kier alpha value is -1.29. The molecule has 4 heteroatoms. The predicted molar refractivity (Wildman–Crippen MR) is 33.8 cm³/mol. The van der Waals surface area contributed by atoms with Gasteiger partial charge in [-0.15, -0.1) is 10.6 Å². The van der Waals surface area contributed by atoms with Gasteiger partial charge in [-0.3, -0.25) is 0 Å². The highest BCUT2D eigenvalue weighted by Gasteiger charge is 2.11. The Morgan fingerprint density at radius 2 is 2.44 bits per heavy atom. The summed E-state index contributed by atoms with van der Waals surface area (Å²) in [6.45, 7) is 0. The number of fused-ring (bicyclic) bond motifs is 1. The Morgan fingerprint density at radius 3 is 3.33 bits per heavy atom. The molecule has 4 nitrogen and oxygen atoms in total. The molecule has 2 N–H and O–H groups in total. The van der Waals surface area contributed by atoms with Gasteiger partial charge in [0.25, 0.3) is 0 Å². The molecule has 2 aliphatic heterocycles. The lowest BCUT2D eigenvalue weighted by molar-refractivity contribution is 0.382. The van der Waals surface area contributed by atoms with Gasteiger partial charge in [-0.05, 0) is 12.2 Å². The molecule has 2 aliphatic rings. The van der Waals surface area contributed by atoms with E-state index in [-0.39, 0.29) is 0 Å². The van der Waals surface area contributed by atoms with E-state index in [0.717, 1.165) is 5.84 Å². The van der Waals surface area contributed by atoms with Crippen LogP contribution in [0.4, 0.5) is 0 Å². The summed E-state index contributed by atoms with van der Waals surface area (Å²) in [5, 5.41) is 5.69.